The Morgan fingerprint density at radius 3 is 2.60 bits per heavy atom. The van der Waals surface area contributed by atoms with Gasteiger partial charge in [0.15, 0.2) is 0 Å². The number of amides is 2. The Labute approximate surface area is 180 Å². The fourth-order valence-corrected chi connectivity index (χ4v) is 3.88. The van der Waals surface area contributed by atoms with Crippen LogP contribution in [-0.4, -0.2) is 18.4 Å². The van der Waals surface area contributed by atoms with E-state index in [-0.39, 0.29) is 28.9 Å². The van der Waals surface area contributed by atoms with Crippen LogP contribution in [0, 0.1) is 23.0 Å². The summed E-state index contributed by atoms with van der Waals surface area (Å²) in [6.45, 7) is 5.51. The molecule has 0 spiro atoms. The van der Waals surface area contributed by atoms with Crippen LogP contribution in [0.5, 0.6) is 0 Å². The van der Waals surface area contributed by atoms with Gasteiger partial charge in [0.1, 0.15) is 11.6 Å². The maximum atomic E-state index is 14.7. The molecular formula is C23H25ClF2N2O2. The van der Waals surface area contributed by atoms with Gasteiger partial charge in [0, 0.05) is 17.7 Å². The maximum absolute atomic E-state index is 14.7. The van der Waals surface area contributed by atoms with E-state index < -0.39 is 29.0 Å². The predicted octanol–water partition coefficient (Wildman–Crippen LogP) is 4.81. The second-order valence-corrected chi connectivity index (χ2v) is 9.07. The quantitative estimate of drug-likeness (QED) is 0.681. The molecule has 160 valence electrons. The lowest BCUT2D eigenvalue weighted by Gasteiger charge is -2.34. The van der Waals surface area contributed by atoms with Gasteiger partial charge in [0.2, 0.25) is 5.91 Å². The maximum Gasteiger partial charge on any atom is 0.251 e. The van der Waals surface area contributed by atoms with E-state index >= 15 is 0 Å². The highest BCUT2D eigenvalue weighted by molar-refractivity contribution is 6.30. The van der Waals surface area contributed by atoms with E-state index in [9.17, 15) is 18.4 Å². The van der Waals surface area contributed by atoms with Crippen molar-refractivity contribution >= 4 is 23.4 Å². The van der Waals surface area contributed by atoms with E-state index in [4.69, 9.17) is 11.6 Å². The monoisotopic (exact) mass is 434 g/mol. The van der Waals surface area contributed by atoms with Crippen LogP contribution in [0.3, 0.4) is 0 Å². The summed E-state index contributed by atoms with van der Waals surface area (Å²) in [7, 11) is 0. The van der Waals surface area contributed by atoms with Crippen molar-refractivity contribution in [2.75, 3.05) is 6.54 Å². The van der Waals surface area contributed by atoms with Gasteiger partial charge in [-0.05, 0) is 42.0 Å². The van der Waals surface area contributed by atoms with E-state index in [2.05, 4.69) is 10.6 Å². The number of aryl methyl sites for hydroxylation is 1. The standard InChI is InChI=1S/C23H25ClF2N2O2/c1-23(2,3)20(18-17(25)11-10-16(24)19(18)26)28-21(29)14-9-8-13-6-4-5-7-15(13)22(30)27-12-14/h4-7,10-11,14,20H,8-9,12H2,1-3H3,(H,27,30)(H,28,29)/t14-,20+/m0/s1. The van der Waals surface area contributed by atoms with Crippen LogP contribution in [0.25, 0.3) is 0 Å². The highest BCUT2D eigenvalue weighted by Crippen LogP contribution is 2.37. The molecule has 0 unspecified atom stereocenters. The van der Waals surface area contributed by atoms with E-state index in [0.717, 1.165) is 17.7 Å². The van der Waals surface area contributed by atoms with Crippen LogP contribution in [0.2, 0.25) is 5.02 Å². The van der Waals surface area contributed by atoms with Crippen LogP contribution in [0.1, 0.15) is 54.7 Å². The van der Waals surface area contributed by atoms with Crippen molar-refractivity contribution in [2.24, 2.45) is 11.3 Å². The second kappa shape index (κ2) is 8.72. The normalized spacial score (nSPS) is 17.9. The Hall–Kier alpha value is -2.47. The molecule has 1 aliphatic rings. The molecule has 0 bridgehead atoms. The molecule has 0 aromatic heterocycles. The van der Waals surface area contributed by atoms with Gasteiger partial charge in [-0.25, -0.2) is 8.78 Å². The first kappa shape index (κ1) is 22.2. The molecule has 0 saturated heterocycles. The molecule has 2 amide bonds. The number of rotatable bonds is 3. The lowest BCUT2D eigenvalue weighted by molar-refractivity contribution is -0.126. The highest BCUT2D eigenvalue weighted by Gasteiger charge is 2.35. The van der Waals surface area contributed by atoms with Gasteiger partial charge >= 0.3 is 0 Å². The first-order valence-electron chi connectivity index (χ1n) is 9.89. The number of carbonyl (C=O) groups is 2. The molecule has 2 aromatic rings. The average Bonchev–Trinajstić information content (AvgIpc) is 2.68. The summed E-state index contributed by atoms with van der Waals surface area (Å²) >= 11 is 5.87. The van der Waals surface area contributed by atoms with Gasteiger partial charge in [-0.3, -0.25) is 9.59 Å². The molecular weight excluding hydrogens is 410 g/mol. The third-order valence-electron chi connectivity index (χ3n) is 5.42. The van der Waals surface area contributed by atoms with Crippen LogP contribution < -0.4 is 10.6 Å². The largest absolute Gasteiger partial charge is 0.351 e. The SMILES string of the molecule is CC(C)(C)[C@H](NC(=O)[C@H]1CCc2ccccc2C(=O)NC1)c1c(F)ccc(Cl)c1F. The summed E-state index contributed by atoms with van der Waals surface area (Å²) in [5, 5.41) is 5.39. The minimum Gasteiger partial charge on any atom is -0.351 e. The zero-order valence-electron chi connectivity index (χ0n) is 17.2. The minimum absolute atomic E-state index is 0.149. The van der Waals surface area contributed by atoms with Gasteiger partial charge in [-0.2, -0.15) is 0 Å². The molecule has 0 aliphatic carbocycles. The Bertz CT molecular complexity index is 972. The van der Waals surface area contributed by atoms with Gasteiger partial charge in [0.25, 0.3) is 5.91 Å². The molecule has 30 heavy (non-hydrogen) atoms. The van der Waals surface area contributed by atoms with E-state index in [1.807, 2.05) is 12.1 Å². The Morgan fingerprint density at radius 1 is 1.20 bits per heavy atom. The summed E-state index contributed by atoms with van der Waals surface area (Å²) < 4.78 is 29.2. The van der Waals surface area contributed by atoms with Crippen molar-refractivity contribution in [1.82, 2.24) is 10.6 Å². The predicted molar refractivity (Wildman–Crippen MR) is 112 cm³/mol. The summed E-state index contributed by atoms with van der Waals surface area (Å²) in [6.07, 6.45) is 1.06. The number of benzene rings is 2. The molecule has 0 saturated carbocycles. The first-order chi connectivity index (χ1) is 14.1. The van der Waals surface area contributed by atoms with Gasteiger partial charge in [0.05, 0.1) is 17.0 Å². The van der Waals surface area contributed by atoms with E-state index in [1.54, 1.807) is 32.9 Å². The Morgan fingerprint density at radius 2 is 1.90 bits per heavy atom. The van der Waals surface area contributed by atoms with Crippen LogP contribution in [0.15, 0.2) is 36.4 Å². The second-order valence-electron chi connectivity index (χ2n) is 8.67. The average molecular weight is 435 g/mol. The van der Waals surface area contributed by atoms with Gasteiger partial charge in [-0.1, -0.05) is 50.6 Å². The fraction of sp³-hybridized carbons (Fsp3) is 0.391. The molecule has 0 fully saturated rings. The number of hydrogen-bond acceptors (Lipinski definition) is 2. The van der Waals surface area contributed by atoms with Gasteiger partial charge < -0.3 is 10.6 Å². The van der Waals surface area contributed by atoms with Crippen molar-refractivity contribution < 1.29 is 18.4 Å². The van der Waals surface area contributed by atoms with Crippen molar-refractivity contribution in [3.05, 3.63) is 69.7 Å². The van der Waals surface area contributed by atoms with Crippen molar-refractivity contribution in [3.63, 3.8) is 0 Å². The lowest BCUT2D eigenvalue weighted by atomic mass is 9.81. The minimum atomic E-state index is -0.933. The Kier molecular flexibility index (Phi) is 6.46. The van der Waals surface area contributed by atoms with Crippen LogP contribution in [-0.2, 0) is 11.2 Å². The van der Waals surface area contributed by atoms with Crippen molar-refractivity contribution in [1.29, 1.82) is 0 Å². The molecule has 4 nitrogen and oxygen atoms in total. The molecule has 2 aromatic carbocycles. The smallest absolute Gasteiger partial charge is 0.251 e. The zero-order chi connectivity index (χ0) is 22.1. The number of halogens is 3. The summed E-state index contributed by atoms with van der Waals surface area (Å²) in [4.78, 5) is 25.5. The van der Waals surface area contributed by atoms with Crippen molar-refractivity contribution in [3.8, 4) is 0 Å². The molecule has 7 heteroatoms. The van der Waals surface area contributed by atoms with Crippen LogP contribution in [0.4, 0.5) is 8.78 Å². The number of carbonyl (C=O) groups excluding carboxylic acids is 2. The van der Waals surface area contributed by atoms with Crippen LogP contribution >= 0.6 is 11.6 Å². The number of fused-ring (bicyclic) bond motifs is 1. The molecule has 1 aliphatic heterocycles. The first-order valence-corrected chi connectivity index (χ1v) is 10.3. The molecule has 0 radical (unpaired) electrons. The number of nitrogens with one attached hydrogen (secondary N) is 2. The van der Waals surface area contributed by atoms with E-state index in [1.165, 1.54) is 0 Å². The third-order valence-corrected chi connectivity index (χ3v) is 5.72. The summed E-state index contributed by atoms with van der Waals surface area (Å²) in [5.41, 5.74) is 0.529. The molecule has 2 N–H and O–H groups in total. The van der Waals surface area contributed by atoms with Gasteiger partial charge in [-0.15, -0.1) is 0 Å². The lowest BCUT2D eigenvalue weighted by Crippen LogP contribution is -2.45. The summed E-state index contributed by atoms with van der Waals surface area (Å²) in [5.74, 6) is -2.78. The summed E-state index contributed by atoms with van der Waals surface area (Å²) in [6, 6.07) is 8.58. The van der Waals surface area contributed by atoms with E-state index in [0.29, 0.717) is 18.4 Å². The molecule has 3 rings (SSSR count). The molecule has 2 atom stereocenters. The fourth-order valence-electron chi connectivity index (χ4n) is 3.72. The van der Waals surface area contributed by atoms with Crippen molar-refractivity contribution in [2.45, 2.75) is 39.7 Å². The third kappa shape index (κ3) is 4.64. The zero-order valence-corrected chi connectivity index (χ0v) is 17.9. The molecule has 1 heterocycles. The number of hydrogen-bond donors (Lipinski definition) is 2. The topological polar surface area (TPSA) is 58.2 Å². The highest BCUT2D eigenvalue weighted by atomic mass is 35.5. The Balaban J connectivity index is 1.85.